The zero-order chi connectivity index (χ0) is 21.3. The number of aliphatic hydroxyl groups is 1. The van der Waals surface area contributed by atoms with E-state index < -0.39 is 72.7 Å². The maximum atomic E-state index is 12.3. The molecule has 12 heteroatoms. The van der Waals surface area contributed by atoms with Crippen LogP contribution in [0.4, 0.5) is 0 Å². The highest BCUT2D eigenvalue weighted by Crippen LogP contribution is 2.04. The monoisotopic (exact) mass is 389 g/mol. The second-order valence-corrected chi connectivity index (χ2v) is 6.29. The van der Waals surface area contributed by atoms with Crippen molar-refractivity contribution in [2.45, 2.75) is 51.4 Å². The van der Waals surface area contributed by atoms with Crippen molar-refractivity contribution in [3.05, 3.63) is 0 Å². The summed E-state index contributed by atoms with van der Waals surface area (Å²) in [6, 6.07) is -4.19. The van der Waals surface area contributed by atoms with Crippen LogP contribution in [0.2, 0.25) is 0 Å². The summed E-state index contributed by atoms with van der Waals surface area (Å²) in [5.41, 5.74) is 10.2. The van der Waals surface area contributed by atoms with Crippen LogP contribution in [0.1, 0.15) is 27.2 Å². The van der Waals surface area contributed by atoms with Gasteiger partial charge in [-0.05, 0) is 12.8 Å². The molecule has 0 aromatic heterocycles. The molecule has 0 radical (unpaired) electrons. The number of carboxylic acid groups (broad SMARTS) is 1. The highest BCUT2D eigenvalue weighted by Gasteiger charge is 2.32. The minimum Gasteiger partial charge on any atom is -0.480 e. The summed E-state index contributed by atoms with van der Waals surface area (Å²) in [5.74, 6) is -5.32. The smallest absolute Gasteiger partial charge is 0.326 e. The summed E-state index contributed by atoms with van der Waals surface area (Å²) in [6.07, 6.45) is -1.94. The van der Waals surface area contributed by atoms with Gasteiger partial charge in [0, 0.05) is 0 Å². The molecule has 27 heavy (non-hydrogen) atoms. The lowest BCUT2D eigenvalue weighted by Gasteiger charge is -2.25. The summed E-state index contributed by atoms with van der Waals surface area (Å²) in [4.78, 5) is 58.5. The zero-order valence-electron chi connectivity index (χ0n) is 15.4. The van der Waals surface area contributed by atoms with Gasteiger partial charge in [0.1, 0.15) is 18.1 Å². The van der Waals surface area contributed by atoms with Gasteiger partial charge in [-0.15, -0.1) is 0 Å². The number of aliphatic carboxylic acids is 1. The Morgan fingerprint density at radius 2 is 1.48 bits per heavy atom. The van der Waals surface area contributed by atoms with E-state index in [0.717, 1.165) is 0 Å². The van der Waals surface area contributed by atoms with Crippen molar-refractivity contribution < 1.29 is 34.2 Å². The van der Waals surface area contributed by atoms with Gasteiger partial charge in [-0.3, -0.25) is 19.2 Å². The number of rotatable bonds is 11. The lowest BCUT2D eigenvalue weighted by molar-refractivity contribution is -0.143. The lowest BCUT2D eigenvalue weighted by Crippen LogP contribution is -2.59. The molecule has 0 aliphatic heterocycles. The third-order valence-corrected chi connectivity index (χ3v) is 3.54. The van der Waals surface area contributed by atoms with Crippen LogP contribution < -0.4 is 27.4 Å². The van der Waals surface area contributed by atoms with E-state index >= 15 is 0 Å². The molecular formula is C15H27N5O7. The minimum atomic E-state index is -1.49. The summed E-state index contributed by atoms with van der Waals surface area (Å²) in [7, 11) is 0. The fourth-order valence-corrected chi connectivity index (χ4v) is 2.08. The lowest BCUT2D eigenvalue weighted by atomic mass is 10.0. The molecule has 4 unspecified atom stereocenters. The van der Waals surface area contributed by atoms with E-state index in [1.165, 1.54) is 6.92 Å². The maximum Gasteiger partial charge on any atom is 0.326 e. The topological polar surface area (TPSA) is 214 Å². The Morgan fingerprint density at radius 3 is 1.85 bits per heavy atom. The molecule has 4 atom stereocenters. The predicted octanol–water partition coefficient (Wildman–Crippen LogP) is -3.60. The first-order chi connectivity index (χ1) is 12.4. The van der Waals surface area contributed by atoms with Gasteiger partial charge in [0.05, 0.1) is 19.1 Å². The zero-order valence-corrected chi connectivity index (χ0v) is 15.4. The summed E-state index contributed by atoms with van der Waals surface area (Å²) in [5, 5.41) is 25.4. The van der Waals surface area contributed by atoms with E-state index in [1.54, 1.807) is 13.8 Å². The third kappa shape index (κ3) is 8.46. The molecule has 9 N–H and O–H groups in total. The van der Waals surface area contributed by atoms with Crippen molar-refractivity contribution in [2.24, 2.45) is 17.4 Å². The summed E-state index contributed by atoms with van der Waals surface area (Å²) < 4.78 is 0. The molecule has 154 valence electrons. The average Bonchev–Trinajstić information content (AvgIpc) is 2.54. The van der Waals surface area contributed by atoms with Gasteiger partial charge >= 0.3 is 5.97 Å². The van der Waals surface area contributed by atoms with Gasteiger partial charge in [-0.25, -0.2) is 4.79 Å². The molecule has 0 bridgehead atoms. The number of nitrogens with two attached hydrogens (primary N) is 2. The van der Waals surface area contributed by atoms with Crippen molar-refractivity contribution in [3.8, 4) is 0 Å². The van der Waals surface area contributed by atoms with Crippen LogP contribution in [0.15, 0.2) is 0 Å². The number of carboxylic acids is 1. The van der Waals surface area contributed by atoms with Crippen molar-refractivity contribution in [1.82, 2.24) is 16.0 Å². The molecule has 0 aliphatic rings. The van der Waals surface area contributed by atoms with Crippen LogP contribution in [-0.4, -0.2) is 70.6 Å². The van der Waals surface area contributed by atoms with Crippen LogP contribution in [-0.2, 0) is 24.0 Å². The third-order valence-electron chi connectivity index (χ3n) is 3.54. The number of aliphatic hydroxyl groups excluding tert-OH is 1. The fraction of sp³-hybridized carbons (Fsp3) is 0.667. The largest absolute Gasteiger partial charge is 0.480 e. The van der Waals surface area contributed by atoms with Crippen molar-refractivity contribution in [2.75, 3.05) is 6.54 Å². The quantitative estimate of drug-likeness (QED) is 0.187. The van der Waals surface area contributed by atoms with Crippen LogP contribution in [0, 0.1) is 5.92 Å². The molecular weight excluding hydrogens is 362 g/mol. The molecule has 0 fully saturated rings. The van der Waals surface area contributed by atoms with Crippen LogP contribution >= 0.6 is 0 Å². The number of amides is 4. The Labute approximate surface area is 156 Å². The number of nitrogens with one attached hydrogen (secondary N) is 3. The standard InChI is InChI=1S/C15H27N5O7/c1-6(2)11(15(26)27)20-13(24)8(4-9(17)22)18-14(25)12(7(3)21)19-10(23)5-16/h6-8,11-12,21H,4-5,16H2,1-3H3,(H2,17,22)(H,18,25)(H,19,23)(H,20,24)(H,26,27). The van der Waals surface area contributed by atoms with Gasteiger partial charge in [0.15, 0.2) is 0 Å². The Balaban J connectivity index is 5.35. The molecule has 0 saturated heterocycles. The van der Waals surface area contributed by atoms with E-state index in [9.17, 15) is 29.1 Å². The van der Waals surface area contributed by atoms with E-state index in [4.69, 9.17) is 16.6 Å². The van der Waals surface area contributed by atoms with Crippen molar-refractivity contribution in [1.29, 1.82) is 0 Å². The Bertz CT molecular complexity index is 579. The molecule has 0 aliphatic carbocycles. The van der Waals surface area contributed by atoms with Crippen LogP contribution in [0.3, 0.4) is 0 Å². The van der Waals surface area contributed by atoms with Crippen LogP contribution in [0.25, 0.3) is 0 Å². The van der Waals surface area contributed by atoms with Crippen molar-refractivity contribution in [3.63, 3.8) is 0 Å². The number of hydrogen-bond donors (Lipinski definition) is 7. The molecule has 0 aromatic carbocycles. The number of carbonyl (C=O) groups excluding carboxylic acids is 4. The highest BCUT2D eigenvalue weighted by atomic mass is 16.4. The molecule has 12 nitrogen and oxygen atoms in total. The van der Waals surface area contributed by atoms with Gasteiger partial charge in [0.2, 0.25) is 23.6 Å². The number of carbonyl (C=O) groups is 5. The van der Waals surface area contributed by atoms with E-state index in [0.29, 0.717) is 0 Å². The Kier molecular flexibility index (Phi) is 9.96. The normalized spacial score (nSPS) is 15.2. The first-order valence-electron chi connectivity index (χ1n) is 8.20. The maximum absolute atomic E-state index is 12.3. The average molecular weight is 389 g/mol. The van der Waals surface area contributed by atoms with Gasteiger partial charge in [0.25, 0.3) is 0 Å². The van der Waals surface area contributed by atoms with Gasteiger partial charge in [-0.2, -0.15) is 0 Å². The van der Waals surface area contributed by atoms with Crippen molar-refractivity contribution >= 4 is 29.6 Å². The second kappa shape index (κ2) is 11.1. The number of primary amides is 1. The minimum absolute atomic E-state index is 0.434. The Hall–Kier alpha value is -2.73. The number of hydrogen-bond acceptors (Lipinski definition) is 7. The summed E-state index contributed by atoms with van der Waals surface area (Å²) in [6.45, 7) is 3.92. The highest BCUT2D eigenvalue weighted by molar-refractivity contribution is 5.96. The van der Waals surface area contributed by atoms with Gasteiger partial charge in [-0.1, -0.05) is 13.8 Å². The molecule has 0 spiro atoms. The SMILES string of the molecule is CC(C)C(NC(=O)C(CC(N)=O)NC(=O)C(NC(=O)CN)C(C)O)C(=O)O. The van der Waals surface area contributed by atoms with E-state index in [2.05, 4.69) is 16.0 Å². The van der Waals surface area contributed by atoms with Crippen LogP contribution in [0.5, 0.6) is 0 Å². The first-order valence-corrected chi connectivity index (χ1v) is 8.20. The molecule has 0 saturated carbocycles. The second-order valence-electron chi connectivity index (χ2n) is 6.29. The Morgan fingerprint density at radius 1 is 0.926 bits per heavy atom. The molecule has 0 rings (SSSR count). The van der Waals surface area contributed by atoms with E-state index in [-0.39, 0.29) is 0 Å². The fourth-order valence-electron chi connectivity index (χ4n) is 2.08. The van der Waals surface area contributed by atoms with E-state index in [1.807, 2.05) is 0 Å². The summed E-state index contributed by atoms with van der Waals surface area (Å²) >= 11 is 0. The predicted molar refractivity (Wildman–Crippen MR) is 92.8 cm³/mol. The molecule has 0 heterocycles. The molecule has 4 amide bonds. The molecule has 0 aromatic rings. The van der Waals surface area contributed by atoms with Gasteiger partial charge < -0.3 is 37.6 Å². The first kappa shape index (κ1) is 24.3.